The summed E-state index contributed by atoms with van der Waals surface area (Å²) in [5.41, 5.74) is 0.604. The molecule has 0 aliphatic heterocycles. The van der Waals surface area contributed by atoms with Crippen molar-refractivity contribution in [3.63, 3.8) is 0 Å². The summed E-state index contributed by atoms with van der Waals surface area (Å²) in [5, 5.41) is 3.87. The van der Waals surface area contributed by atoms with E-state index in [1.807, 2.05) is 6.92 Å². The maximum atomic E-state index is 12.4. The summed E-state index contributed by atoms with van der Waals surface area (Å²) < 4.78 is 57.4. The zero-order valence-electron chi connectivity index (χ0n) is 12.0. The first-order valence-corrected chi connectivity index (χ1v) is 7.91. The molecule has 9 heteroatoms. The van der Waals surface area contributed by atoms with E-state index in [4.69, 9.17) is 0 Å². The van der Waals surface area contributed by atoms with Gasteiger partial charge < -0.3 is 4.74 Å². The highest BCUT2D eigenvalue weighted by atomic mass is 32.2. The Morgan fingerprint density at radius 3 is 2.73 bits per heavy atom. The molecule has 0 bridgehead atoms. The molecule has 22 heavy (non-hydrogen) atoms. The van der Waals surface area contributed by atoms with E-state index in [2.05, 4.69) is 14.6 Å². The second-order valence-corrected chi connectivity index (χ2v) is 6.20. The van der Waals surface area contributed by atoms with Gasteiger partial charge in [-0.1, -0.05) is 6.07 Å². The molecule has 120 valence electrons. The lowest BCUT2D eigenvalue weighted by molar-refractivity contribution is -0.0493. The highest BCUT2D eigenvalue weighted by molar-refractivity contribution is 7.92. The summed E-state index contributed by atoms with van der Waals surface area (Å²) in [6.07, 6.45) is 2.54. The number of sulfonamides is 1. The first kappa shape index (κ1) is 16.2. The van der Waals surface area contributed by atoms with Crippen LogP contribution in [0.1, 0.15) is 12.5 Å². The minimum Gasteiger partial charge on any atom is -0.433 e. The topological polar surface area (TPSA) is 73.2 Å². The second-order valence-electron chi connectivity index (χ2n) is 4.52. The average Bonchev–Trinajstić information content (AvgIpc) is 2.91. The standard InChI is InChI=1S/C13H15F2N3O3S/c1-3-18-8-10(7-16-18)22(19,20)17-11-5-4-9(2)6-12(11)21-13(14)15/h4-8,13,17H,3H2,1-2H3. The van der Waals surface area contributed by atoms with Crippen LogP contribution in [0.5, 0.6) is 5.75 Å². The quantitative estimate of drug-likeness (QED) is 0.883. The van der Waals surface area contributed by atoms with Gasteiger partial charge in [0.1, 0.15) is 10.6 Å². The van der Waals surface area contributed by atoms with Crippen molar-refractivity contribution in [3.8, 4) is 5.75 Å². The van der Waals surface area contributed by atoms with Crippen LogP contribution in [0.4, 0.5) is 14.5 Å². The third kappa shape index (κ3) is 3.73. The van der Waals surface area contributed by atoms with Gasteiger partial charge in [-0.25, -0.2) is 8.42 Å². The monoisotopic (exact) mass is 331 g/mol. The van der Waals surface area contributed by atoms with Gasteiger partial charge in [-0.15, -0.1) is 0 Å². The smallest absolute Gasteiger partial charge is 0.387 e. The van der Waals surface area contributed by atoms with E-state index < -0.39 is 16.6 Å². The maximum Gasteiger partial charge on any atom is 0.387 e. The molecule has 1 heterocycles. The summed E-state index contributed by atoms with van der Waals surface area (Å²) >= 11 is 0. The number of ether oxygens (including phenoxy) is 1. The molecule has 0 radical (unpaired) electrons. The number of hydrogen-bond acceptors (Lipinski definition) is 4. The van der Waals surface area contributed by atoms with E-state index in [-0.39, 0.29) is 16.3 Å². The molecule has 1 aromatic carbocycles. The number of rotatable bonds is 6. The number of nitrogens with one attached hydrogen (secondary N) is 1. The van der Waals surface area contributed by atoms with Gasteiger partial charge in [-0.2, -0.15) is 13.9 Å². The van der Waals surface area contributed by atoms with Gasteiger partial charge in [0.05, 0.1) is 11.9 Å². The van der Waals surface area contributed by atoms with Gasteiger partial charge >= 0.3 is 6.61 Å². The van der Waals surface area contributed by atoms with Crippen molar-refractivity contribution in [1.82, 2.24) is 9.78 Å². The maximum absolute atomic E-state index is 12.4. The molecule has 0 amide bonds. The number of aromatic nitrogens is 2. The minimum atomic E-state index is -3.93. The van der Waals surface area contributed by atoms with Crippen molar-refractivity contribution in [2.75, 3.05) is 4.72 Å². The molecule has 2 aromatic rings. The molecule has 0 atom stereocenters. The number of aryl methyl sites for hydroxylation is 2. The van der Waals surface area contributed by atoms with Crippen molar-refractivity contribution in [2.45, 2.75) is 31.9 Å². The molecule has 2 rings (SSSR count). The highest BCUT2D eigenvalue weighted by Crippen LogP contribution is 2.29. The van der Waals surface area contributed by atoms with Crippen LogP contribution in [0.25, 0.3) is 0 Å². The number of alkyl halides is 2. The van der Waals surface area contributed by atoms with Crippen LogP contribution in [0.15, 0.2) is 35.5 Å². The van der Waals surface area contributed by atoms with Gasteiger partial charge in [0.15, 0.2) is 0 Å². The summed E-state index contributed by atoms with van der Waals surface area (Å²) in [4.78, 5) is -0.0575. The lowest BCUT2D eigenvalue weighted by atomic mass is 10.2. The van der Waals surface area contributed by atoms with Crippen LogP contribution in [0.2, 0.25) is 0 Å². The predicted molar refractivity (Wildman–Crippen MR) is 76.5 cm³/mol. The van der Waals surface area contributed by atoms with E-state index >= 15 is 0 Å². The predicted octanol–water partition coefficient (Wildman–Crippen LogP) is 2.61. The molecular weight excluding hydrogens is 316 g/mol. The van der Waals surface area contributed by atoms with Gasteiger partial charge in [-0.3, -0.25) is 9.40 Å². The third-order valence-electron chi connectivity index (χ3n) is 2.84. The van der Waals surface area contributed by atoms with Crippen molar-refractivity contribution in [3.05, 3.63) is 36.2 Å². The normalized spacial score (nSPS) is 11.7. The van der Waals surface area contributed by atoms with Crippen LogP contribution in [0, 0.1) is 6.92 Å². The fourth-order valence-corrected chi connectivity index (χ4v) is 2.79. The SMILES string of the molecule is CCn1cc(S(=O)(=O)Nc2ccc(C)cc2OC(F)F)cn1. The number of anilines is 1. The van der Waals surface area contributed by atoms with Crippen LogP contribution >= 0.6 is 0 Å². The van der Waals surface area contributed by atoms with Crippen molar-refractivity contribution in [1.29, 1.82) is 0 Å². The van der Waals surface area contributed by atoms with Crippen molar-refractivity contribution < 1.29 is 21.9 Å². The second kappa shape index (κ2) is 6.30. The van der Waals surface area contributed by atoms with E-state index in [0.717, 1.165) is 0 Å². The molecule has 0 spiro atoms. The van der Waals surface area contributed by atoms with Crippen molar-refractivity contribution >= 4 is 15.7 Å². The van der Waals surface area contributed by atoms with Crippen LogP contribution in [0.3, 0.4) is 0 Å². The Balaban J connectivity index is 2.32. The number of benzene rings is 1. The average molecular weight is 331 g/mol. The molecule has 0 aliphatic rings. The Labute approximate surface area is 126 Å². The Morgan fingerprint density at radius 2 is 2.14 bits per heavy atom. The summed E-state index contributed by atoms with van der Waals surface area (Å²) in [6, 6.07) is 4.29. The summed E-state index contributed by atoms with van der Waals surface area (Å²) in [7, 11) is -3.93. The fraction of sp³-hybridized carbons (Fsp3) is 0.308. The van der Waals surface area contributed by atoms with E-state index in [1.165, 1.54) is 29.2 Å². The Kier molecular flexibility index (Phi) is 4.65. The summed E-state index contributed by atoms with van der Waals surface area (Å²) in [6.45, 7) is 0.959. The largest absolute Gasteiger partial charge is 0.433 e. The molecule has 0 aliphatic carbocycles. The van der Waals surface area contributed by atoms with Gasteiger partial charge in [0.25, 0.3) is 10.0 Å². The minimum absolute atomic E-state index is 0.0575. The zero-order valence-corrected chi connectivity index (χ0v) is 12.8. The molecule has 0 fully saturated rings. The van der Waals surface area contributed by atoms with E-state index in [0.29, 0.717) is 12.1 Å². The Bertz CT molecular complexity index is 760. The molecule has 0 unspecified atom stereocenters. The molecule has 0 saturated carbocycles. The number of nitrogens with zero attached hydrogens (tertiary/aromatic N) is 2. The van der Waals surface area contributed by atoms with Crippen LogP contribution in [-0.2, 0) is 16.6 Å². The molecule has 1 aromatic heterocycles. The lowest BCUT2D eigenvalue weighted by Crippen LogP contribution is -2.14. The van der Waals surface area contributed by atoms with E-state index in [9.17, 15) is 17.2 Å². The first-order valence-electron chi connectivity index (χ1n) is 6.42. The molecule has 1 N–H and O–H groups in total. The molecule has 0 saturated heterocycles. The Morgan fingerprint density at radius 1 is 1.41 bits per heavy atom. The highest BCUT2D eigenvalue weighted by Gasteiger charge is 2.19. The molecular formula is C13H15F2N3O3S. The van der Waals surface area contributed by atoms with Gasteiger partial charge in [0, 0.05) is 12.7 Å². The molecule has 6 nitrogen and oxygen atoms in total. The zero-order chi connectivity index (χ0) is 16.3. The first-order chi connectivity index (χ1) is 10.3. The Hall–Kier alpha value is -2.16. The van der Waals surface area contributed by atoms with Crippen LogP contribution in [-0.4, -0.2) is 24.8 Å². The summed E-state index contributed by atoms with van der Waals surface area (Å²) in [5.74, 6) is -0.235. The van der Waals surface area contributed by atoms with Crippen molar-refractivity contribution in [2.24, 2.45) is 0 Å². The van der Waals surface area contributed by atoms with E-state index in [1.54, 1.807) is 13.0 Å². The third-order valence-corrected chi connectivity index (χ3v) is 4.16. The fourth-order valence-electron chi connectivity index (χ4n) is 1.77. The number of halogens is 2. The number of hydrogen-bond donors (Lipinski definition) is 1. The van der Waals surface area contributed by atoms with Gasteiger partial charge in [0.2, 0.25) is 0 Å². The van der Waals surface area contributed by atoms with Crippen LogP contribution < -0.4 is 9.46 Å². The lowest BCUT2D eigenvalue weighted by Gasteiger charge is -2.13. The van der Waals surface area contributed by atoms with Gasteiger partial charge in [-0.05, 0) is 31.5 Å².